The normalized spacial score (nSPS) is 16.5. The lowest BCUT2D eigenvalue weighted by Gasteiger charge is -2.30. The number of ether oxygens (including phenoxy) is 1. The van der Waals surface area contributed by atoms with Gasteiger partial charge in [-0.15, -0.1) is 0 Å². The van der Waals surface area contributed by atoms with Crippen molar-refractivity contribution in [3.8, 4) is 0 Å². The average molecular weight is 221 g/mol. The monoisotopic (exact) mass is 221 g/mol. The Kier molecular flexibility index (Phi) is 3.80. The van der Waals surface area contributed by atoms with Crippen molar-refractivity contribution in [1.82, 2.24) is 0 Å². The minimum Gasteiger partial charge on any atom is -0.396 e. The second-order valence-corrected chi connectivity index (χ2v) is 4.21. The Morgan fingerprint density at radius 3 is 2.75 bits per heavy atom. The number of hydrogen-bond acceptors (Lipinski definition) is 3. The first-order chi connectivity index (χ1) is 7.81. The van der Waals surface area contributed by atoms with E-state index in [1.54, 1.807) is 0 Å². The molecule has 0 aliphatic carbocycles. The molecule has 0 atom stereocenters. The van der Waals surface area contributed by atoms with E-state index >= 15 is 0 Å². The van der Waals surface area contributed by atoms with Crippen molar-refractivity contribution in [2.24, 2.45) is 0 Å². The minimum atomic E-state index is 0.209. The quantitative estimate of drug-likeness (QED) is 0.836. The summed E-state index contributed by atoms with van der Waals surface area (Å²) in [5.41, 5.74) is 3.74. The van der Waals surface area contributed by atoms with Gasteiger partial charge in [0.2, 0.25) is 0 Å². The first-order valence-electron chi connectivity index (χ1n) is 5.84. The summed E-state index contributed by atoms with van der Waals surface area (Å²) in [7, 11) is 0. The van der Waals surface area contributed by atoms with Crippen LogP contribution in [-0.2, 0) is 11.2 Å². The Hall–Kier alpha value is -1.06. The molecular formula is C13H19NO2. The fourth-order valence-corrected chi connectivity index (χ4v) is 2.15. The van der Waals surface area contributed by atoms with Crippen LogP contribution in [0.5, 0.6) is 0 Å². The lowest BCUT2D eigenvalue weighted by Crippen LogP contribution is -2.36. The van der Waals surface area contributed by atoms with Crippen LogP contribution < -0.4 is 4.90 Å². The summed E-state index contributed by atoms with van der Waals surface area (Å²) in [6, 6.07) is 6.46. The summed E-state index contributed by atoms with van der Waals surface area (Å²) in [6.45, 7) is 5.78. The van der Waals surface area contributed by atoms with Crippen LogP contribution in [-0.4, -0.2) is 38.0 Å². The first kappa shape index (κ1) is 11.4. The van der Waals surface area contributed by atoms with Gasteiger partial charge in [0, 0.05) is 25.4 Å². The molecule has 0 spiro atoms. The van der Waals surface area contributed by atoms with Crippen LogP contribution in [0, 0.1) is 6.92 Å². The van der Waals surface area contributed by atoms with Gasteiger partial charge in [-0.1, -0.05) is 17.7 Å². The topological polar surface area (TPSA) is 32.7 Å². The van der Waals surface area contributed by atoms with Crippen LogP contribution in [0.25, 0.3) is 0 Å². The summed E-state index contributed by atoms with van der Waals surface area (Å²) in [6.07, 6.45) is 0.731. The van der Waals surface area contributed by atoms with Crippen molar-refractivity contribution in [3.63, 3.8) is 0 Å². The van der Waals surface area contributed by atoms with Crippen LogP contribution in [0.2, 0.25) is 0 Å². The Balaban J connectivity index is 2.23. The second kappa shape index (κ2) is 5.32. The minimum absolute atomic E-state index is 0.209. The van der Waals surface area contributed by atoms with Crippen LogP contribution in [0.4, 0.5) is 5.69 Å². The van der Waals surface area contributed by atoms with Crippen molar-refractivity contribution >= 4 is 5.69 Å². The highest BCUT2D eigenvalue weighted by Gasteiger charge is 2.14. The molecule has 1 aromatic carbocycles. The fourth-order valence-electron chi connectivity index (χ4n) is 2.15. The van der Waals surface area contributed by atoms with Gasteiger partial charge in [-0.3, -0.25) is 0 Å². The SMILES string of the molecule is Cc1ccc(N2CCOCC2)c(CCO)c1. The second-order valence-electron chi connectivity index (χ2n) is 4.21. The zero-order valence-corrected chi connectivity index (χ0v) is 9.78. The number of nitrogens with zero attached hydrogens (tertiary/aromatic N) is 1. The molecule has 88 valence electrons. The molecule has 0 bridgehead atoms. The molecule has 0 saturated carbocycles. The number of aryl methyl sites for hydroxylation is 1. The molecule has 1 aromatic rings. The molecule has 0 aromatic heterocycles. The summed E-state index contributed by atoms with van der Waals surface area (Å²) < 4.78 is 5.35. The highest BCUT2D eigenvalue weighted by atomic mass is 16.5. The van der Waals surface area contributed by atoms with Crippen LogP contribution in [0.15, 0.2) is 18.2 Å². The molecule has 1 fully saturated rings. The number of aliphatic hydroxyl groups is 1. The maximum absolute atomic E-state index is 9.09. The molecule has 2 rings (SSSR count). The van der Waals surface area contributed by atoms with Crippen molar-refractivity contribution in [3.05, 3.63) is 29.3 Å². The summed E-state index contributed by atoms with van der Waals surface area (Å²) in [5, 5.41) is 9.09. The van der Waals surface area contributed by atoms with Crippen LogP contribution in [0.3, 0.4) is 0 Å². The number of aliphatic hydroxyl groups excluding tert-OH is 1. The van der Waals surface area contributed by atoms with Crippen molar-refractivity contribution in [2.45, 2.75) is 13.3 Å². The third kappa shape index (κ3) is 2.54. The number of benzene rings is 1. The number of anilines is 1. The Morgan fingerprint density at radius 2 is 2.06 bits per heavy atom. The molecule has 1 N–H and O–H groups in total. The maximum atomic E-state index is 9.09. The van der Waals surface area contributed by atoms with E-state index in [2.05, 4.69) is 30.0 Å². The van der Waals surface area contributed by atoms with Crippen molar-refractivity contribution in [1.29, 1.82) is 0 Å². The zero-order chi connectivity index (χ0) is 11.4. The molecular weight excluding hydrogens is 202 g/mol. The van der Waals surface area contributed by atoms with Crippen molar-refractivity contribution in [2.75, 3.05) is 37.8 Å². The summed E-state index contributed by atoms with van der Waals surface area (Å²) in [5.74, 6) is 0. The number of rotatable bonds is 3. The molecule has 1 aliphatic heterocycles. The molecule has 3 nitrogen and oxygen atoms in total. The van der Waals surface area contributed by atoms with Gasteiger partial charge in [-0.05, 0) is 25.0 Å². The van der Waals surface area contributed by atoms with E-state index in [9.17, 15) is 0 Å². The Morgan fingerprint density at radius 1 is 1.31 bits per heavy atom. The predicted octanol–water partition coefficient (Wildman–Crippen LogP) is 1.37. The van der Waals surface area contributed by atoms with Gasteiger partial charge in [0.25, 0.3) is 0 Å². The molecule has 16 heavy (non-hydrogen) atoms. The lowest BCUT2D eigenvalue weighted by atomic mass is 10.1. The van der Waals surface area contributed by atoms with E-state index in [0.717, 1.165) is 32.7 Å². The molecule has 0 radical (unpaired) electrons. The van der Waals surface area contributed by atoms with Gasteiger partial charge < -0.3 is 14.7 Å². The molecule has 3 heteroatoms. The molecule has 1 heterocycles. The van der Waals surface area contributed by atoms with E-state index in [1.165, 1.54) is 16.8 Å². The van der Waals surface area contributed by atoms with E-state index in [4.69, 9.17) is 9.84 Å². The zero-order valence-electron chi connectivity index (χ0n) is 9.78. The van der Waals surface area contributed by atoms with Gasteiger partial charge in [0.05, 0.1) is 13.2 Å². The lowest BCUT2D eigenvalue weighted by molar-refractivity contribution is 0.122. The van der Waals surface area contributed by atoms with E-state index in [-0.39, 0.29) is 6.61 Å². The molecule has 1 aliphatic rings. The van der Waals surface area contributed by atoms with Gasteiger partial charge in [-0.25, -0.2) is 0 Å². The van der Waals surface area contributed by atoms with E-state index in [1.807, 2.05) is 0 Å². The summed E-state index contributed by atoms with van der Waals surface area (Å²) in [4.78, 5) is 2.34. The summed E-state index contributed by atoms with van der Waals surface area (Å²) >= 11 is 0. The van der Waals surface area contributed by atoms with Gasteiger partial charge >= 0.3 is 0 Å². The van der Waals surface area contributed by atoms with Crippen LogP contribution in [0.1, 0.15) is 11.1 Å². The molecule has 1 saturated heterocycles. The Bertz CT molecular complexity index is 346. The number of morpholine rings is 1. The van der Waals surface area contributed by atoms with Gasteiger partial charge in [0.1, 0.15) is 0 Å². The van der Waals surface area contributed by atoms with E-state index in [0.29, 0.717) is 0 Å². The highest BCUT2D eigenvalue weighted by molar-refractivity contribution is 5.55. The fraction of sp³-hybridized carbons (Fsp3) is 0.538. The smallest absolute Gasteiger partial charge is 0.0642 e. The van der Waals surface area contributed by atoms with Crippen LogP contribution >= 0.6 is 0 Å². The third-order valence-corrected chi connectivity index (χ3v) is 2.97. The van der Waals surface area contributed by atoms with Crippen molar-refractivity contribution < 1.29 is 9.84 Å². The standard InChI is InChI=1S/C13H19NO2/c1-11-2-3-13(12(10-11)4-7-15)14-5-8-16-9-6-14/h2-3,10,15H,4-9H2,1H3. The average Bonchev–Trinajstić information content (AvgIpc) is 2.31. The van der Waals surface area contributed by atoms with E-state index < -0.39 is 0 Å². The predicted molar refractivity (Wildman–Crippen MR) is 65.0 cm³/mol. The molecule has 0 amide bonds. The van der Waals surface area contributed by atoms with Gasteiger partial charge in [-0.2, -0.15) is 0 Å². The highest BCUT2D eigenvalue weighted by Crippen LogP contribution is 2.23. The first-order valence-corrected chi connectivity index (χ1v) is 5.84. The van der Waals surface area contributed by atoms with Gasteiger partial charge in [0.15, 0.2) is 0 Å². The Labute approximate surface area is 96.6 Å². The third-order valence-electron chi connectivity index (χ3n) is 2.97. The number of hydrogen-bond donors (Lipinski definition) is 1. The largest absolute Gasteiger partial charge is 0.396 e. The maximum Gasteiger partial charge on any atom is 0.0642 e. The molecule has 0 unspecified atom stereocenters.